The van der Waals surface area contributed by atoms with Gasteiger partial charge in [0.2, 0.25) is 0 Å². The Balaban J connectivity index is 1.72. The van der Waals surface area contributed by atoms with E-state index < -0.39 is 0 Å². The molecule has 0 saturated heterocycles. The number of ether oxygens (including phenoxy) is 2. The second-order valence-electron chi connectivity index (χ2n) is 5.99. The van der Waals surface area contributed by atoms with E-state index in [1.807, 2.05) is 12.1 Å². The number of nitrogens with one attached hydrogen (secondary N) is 2. The Hall–Kier alpha value is -1.75. The minimum Gasteiger partial charge on any atom is -0.492 e. The summed E-state index contributed by atoms with van der Waals surface area (Å²) in [4.78, 5) is 0. The van der Waals surface area contributed by atoms with E-state index in [4.69, 9.17) is 9.47 Å². The van der Waals surface area contributed by atoms with Crippen LogP contribution in [0.15, 0.2) is 18.3 Å². The quantitative estimate of drug-likeness (QED) is 0.860. The van der Waals surface area contributed by atoms with Crippen LogP contribution in [0.1, 0.15) is 39.0 Å². The number of hydrogen-bond acceptors (Lipinski definition) is 4. The van der Waals surface area contributed by atoms with E-state index in [1.165, 1.54) is 19.3 Å². The van der Waals surface area contributed by atoms with Crippen molar-refractivity contribution in [3.8, 4) is 11.5 Å². The van der Waals surface area contributed by atoms with Gasteiger partial charge in [0.05, 0.1) is 24.2 Å². The largest absolute Gasteiger partial charge is 0.492 e. The van der Waals surface area contributed by atoms with Crippen molar-refractivity contribution in [1.29, 1.82) is 0 Å². The van der Waals surface area contributed by atoms with Crippen LogP contribution in [0.2, 0.25) is 0 Å². The van der Waals surface area contributed by atoms with Gasteiger partial charge in [-0.15, -0.1) is 0 Å². The van der Waals surface area contributed by atoms with E-state index in [1.54, 1.807) is 13.3 Å². The zero-order valence-electron chi connectivity index (χ0n) is 13.4. The predicted octanol–water partition coefficient (Wildman–Crippen LogP) is 3.26. The lowest BCUT2D eigenvalue weighted by molar-refractivity contribution is 0.131. The predicted molar refractivity (Wildman–Crippen MR) is 87.6 cm³/mol. The lowest BCUT2D eigenvalue weighted by Gasteiger charge is -2.30. The van der Waals surface area contributed by atoms with Gasteiger partial charge in [0.1, 0.15) is 6.10 Å². The van der Waals surface area contributed by atoms with Gasteiger partial charge < -0.3 is 14.8 Å². The molecule has 1 fully saturated rings. The molecule has 1 aliphatic carbocycles. The molecule has 22 heavy (non-hydrogen) atoms. The van der Waals surface area contributed by atoms with E-state index >= 15 is 0 Å². The Bertz CT molecular complexity index is 611. The Kier molecular flexibility index (Phi) is 4.83. The van der Waals surface area contributed by atoms with E-state index in [9.17, 15) is 0 Å². The molecule has 0 amide bonds. The molecule has 0 aliphatic heterocycles. The van der Waals surface area contributed by atoms with Gasteiger partial charge in [-0.2, -0.15) is 5.10 Å². The molecule has 0 unspecified atom stereocenters. The number of aromatic nitrogens is 2. The Morgan fingerprint density at radius 2 is 2.27 bits per heavy atom. The van der Waals surface area contributed by atoms with Crippen molar-refractivity contribution < 1.29 is 9.47 Å². The van der Waals surface area contributed by atoms with Crippen LogP contribution in [0.5, 0.6) is 11.5 Å². The smallest absolute Gasteiger partial charge is 0.171 e. The lowest BCUT2D eigenvalue weighted by Crippen LogP contribution is -2.38. The number of benzene rings is 1. The SMILES string of the molecule is CCCN[C@@H]1CCC[C@H](Oc2ccc3[nH]ncc3c2OC)C1. The Morgan fingerprint density at radius 3 is 3.09 bits per heavy atom. The molecule has 1 aliphatic rings. The highest BCUT2D eigenvalue weighted by molar-refractivity contribution is 5.87. The average molecular weight is 303 g/mol. The van der Waals surface area contributed by atoms with Crippen molar-refractivity contribution >= 4 is 10.9 Å². The number of H-pyrrole nitrogens is 1. The van der Waals surface area contributed by atoms with Crippen LogP contribution in [0, 0.1) is 0 Å². The Labute approximate surface area is 131 Å². The van der Waals surface area contributed by atoms with Crippen molar-refractivity contribution in [1.82, 2.24) is 15.5 Å². The molecule has 2 aromatic rings. The van der Waals surface area contributed by atoms with Crippen LogP contribution in [0.25, 0.3) is 10.9 Å². The summed E-state index contributed by atoms with van der Waals surface area (Å²) in [6.45, 7) is 3.29. The van der Waals surface area contributed by atoms with Gasteiger partial charge in [0, 0.05) is 6.04 Å². The highest BCUT2D eigenvalue weighted by Crippen LogP contribution is 2.36. The van der Waals surface area contributed by atoms with Crippen molar-refractivity contribution in [2.75, 3.05) is 13.7 Å². The van der Waals surface area contributed by atoms with Gasteiger partial charge >= 0.3 is 0 Å². The van der Waals surface area contributed by atoms with Gasteiger partial charge in [-0.05, 0) is 50.8 Å². The van der Waals surface area contributed by atoms with Crippen LogP contribution in [0.3, 0.4) is 0 Å². The number of hydrogen-bond donors (Lipinski definition) is 2. The topological polar surface area (TPSA) is 59.2 Å². The van der Waals surface area contributed by atoms with Crippen LogP contribution in [0.4, 0.5) is 0 Å². The first-order valence-electron chi connectivity index (χ1n) is 8.22. The van der Waals surface area contributed by atoms with Crippen LogP contribution in [-0.4, -0.2) is 36.0 Å². The molecule has 0 spiro atoms. The molecule has 0 bridgehead atoms. The first-order valence-corrected chi connectivity index (χ1v) is 8.22. The standard InChI is InChI=1S/C17H25N3O2/c1-3-9-18-12-5-4-6-13(10-12)22-16-8-7-15-14(11-19-20-15)17(16)21-2/h7-8,11-13,18H,3-6,9-10H2,1-2H3,(H,19,20)/t12-,13+/m1/s1. The van der Waals surface area contributed by atoms with Crippen LogP contribution < -0.4 is 14.8 Å². The number of nitrogens with zero attached hydrogens (tertiary/aromatic N) is 1. The maximum Gasteiger partial charge on any atom is 0.171 e. The third kappa shape index (κ3) is 3.19. The lowest BCUT2D eigenvalue weighted by atomic mass is 9.92. The number of aromatic amines is 1. The van der Waals surface area contributed by atoms with E-state index in [2.05, 4.69) is 22.4 Å². The molecule has 1 aromatic carbocycles. The molecule has 1 saturated carbocycles. The maximum absolute atomic E-state index is 6.26. The van der Waals surface area contributed by atoms with Crippen molar-refractivity contribution in [2.45, 2.75) is 51.2 Å². The van der Waals surface area contributed by atoms with Crippen molar-refractivity contribution in [2.24, 2.45) is 0 Å². The van der Waals surface area contributed by atoms with E-state index in [0.717, 1.165) is 41.8 Å². The molecule has 5 nitrogen and oxygen atoms in total. The molecule has 120 valence electrons. The summed E-state index contributed by atoms with van der Waals surface area (Å²) in [5.74, 6) is 1.59. The van der Waals surface area contributed by atoms with Gasteiger partial charge in [-0.3, -0.25) is 5.10 Å². The number of rotatable bonds is 6. The second kappa shape index (κ2) is 7.01. The summed E-state index contributed by atoms with van der Waals surface area (Å²) >= 11 is 0. The fourth-order valence-electron chi connectivity index (χ4n) is 3.24. The van der Waals surface area contributed by atoms with Gasteiger partial charge in [-0.25, -0.2) is 0 Å². The number of fused-ring (bicyclic) bond motifs is 1. The summed E-state index contributed by atoms with van der Waals surface area (Å²) < 4.78 is 11.8. The summed E-state index contributed by atoms with van der Waals surface area (Å²) in [5, 5.41) is 11.6. The summed E-state index contributed by atoms with van der Waals surface area (Å²) in [6.07, 6.45) is 7.84. The van der Waals surface area contributed by atoms with Gasteiger partial charge in [0.15, 0.2) is 11.5 Å². The Morgan fingerprint density at radius 1 is 1.36 bits per heavy atom. The molecule has 3 rings (SSSR count). The molecular formula is C17H25N3O2. The second-order valence-corrected chi connectivity index (χ2v) is 5.99. The fraction of sp³-hybridized carbons (Fsp3) is 0.588. The van der Waals surface area contributed by atoms with Crippen molar-refractivity contribution in [3.05, 3.63) is 18.3 Å². The van der Waals surface area contributed by atoms with E-state index in [0.29, 0.717) is 6.04 Å². The summed E-state index contributed by atoms with van der Waals surface area (Å²) in [5.41, 5.74) is 0.968. The minimum absolute atomic E-state index is 0.251. The minimum atomic E-state index is 0.251. The molecule has 1 aromatic heterocycles. The molecule has 5 heteroatoms. The highest BCUT2D eigenvalue weighted by atomic mass is 16.5. The molecule has 2 atom stereocenters. The summed E-state index contributed by atoms with van der Waals surface area (Å²) in [7, 11) is 1.68. The highest BCUT2D eigenvalue weighted by Gasteiger charge is 2.24. The fourth-order valence-corrected chi connectivity index (χ4v) is 3.24. The van der Waals surface area contributed by atoms with Crippen molar-refractivity contribution in [3.63, 3.8) is 0 Å². The van der Waals surface area contributed by atoms with Crippen LogP contribution in [-0.2, 0) is 0 Å². The van der Waals surface area contributed by atoms with E-state index in [-0.39, 0.29) is 6.10 Å². The van der Waals surface area contributed by atoms with Gasteiger partial charge in [-0.1, -0.05) is 6.92 Å². The normalized spacial score (nSPS) is 21.9. The molecule has 2 N–H and O–H groups in total. The third-order valence-corrected chi connectivity index (χ3v) is 4.35. The molecular weight excluding hydrogens is 278 g/mol. The monoisotopic (exact) mass is 303 g/mol. The van der Waals surface area contributed by atoms with Gasteiger partial charge in [0.25, 0.3) is 0 Å². The number of methoxy groups -OCH3 is 1. The first-order chi connectivity index (χ1) is 10.8. The molecule has 0 radical (unpaired) electrons. The third-order valence-electron chi connectivity index (χ3n) is 4.35. The average Bonchev–Trinajstić information content (AvgIpc) is 3.02. The zero-order chi connectivity index (χ0) is 15.4. The summed E-state index contributed by atoms with van der Waals surface area (Å²) in [6, 6.07) is 4.54. The zero-order valence-corrected chi connectivity index (χ0v) is 13.4. The maximum atomic E-state index is 6.26. The van der Waals surface area contributed by atoms with Crippen LogP contribution >= 0.6 is 0 Å². The first kappa shape index (κ1) is 15.2. The molecule has 1 heterocycles.